The van der Waals surface area contributed by atoms with E-state index in [1.54, 1.807) is 0 Å². The van der Waals surface area contributed by atoms with E-state index >= 15 is 0 Å². The normalized spacial score (nSPS) is 19.0. The van der Waals surface area contributed by atoms with E-state index in [-0.39, 0.29) is 28.8 Å². The van der Waals surface area contributed by atoms with Gasteiger partial charge in [-0.15, -0.1) is 12.4 Å². The Labute approximate surface area is 136 Å². The third kappa shape index (κ3) is 3.62. The second kappa shape index (κ2) is 7.45. The molecular weight excluding hydrogens is 332 g/mol. The summed E-state index contributed by atoms with van der Waals surface area (Å²) in [5.74, 6) is -0.280. The Kier molecular flexibility index (Phi) is 6.42. The van der Waals surface area contributed by atoms with Gasteiger partial charge in [-0.25, -0.2) is 13.2 Å². The van der Waals surface area contributed by atoms with E-state index < -0.39 is 16.0 Å². The van der Waals surface area contributed by atoms with Crippen LogP contribution in [0.4, 0.5) is 0 Å². The summed E-state index contributed by atoms with van der Waals surface area (Å²) in [7, 11) is -0.571. The highest BCUT2D eigenvalue weighted by Gasteiger charge is 2.35. The molecule has 0 spiro atoms. The van der Waals surface area contributed by atoms with Crippen molar-refractivity contribution in [1.29, 1.82) is 0 Å². The van der Waals surface area contributed by atoms with Crippen molar-refractivity contribution < 1.29 is 22.4 Å². The predicted molar refractivity (Wildman–Crippen MR) is 82.8 cm³/mol. The molecule has 7 nitrogen and oxygen atoms in total. The average Bonchev–Trinajstić information content (AvgIpc) is 3.05. The Morgan fingerprint density at radius 3 is 2.82 bits per heavy atom. The van der Waals surface area contributed by atoms with Gasteiger partial charge in [-0.1, -0.05) is 0 Å². The van der Waals surface area contributed by atoms with Crippen molar-refractivity contribution in [2.75, 3.05) is 33.8 Å². The van der Waals surface area contributed by atoms with Crippen LogP contribution in [0.1, 0.15) is 22.7 Å². The molecule has 2 heterocycles. The zero-order valence-electron chi connectivity index (χ0n) is 12.8. The zero-order valence-corrected chi connectivity index (χ0v) is 14.4. The number of ether oxygens (including phenoxy) is 1. The minimum absolute atomic E-state index is 0. The number of carbonyl (C=O) groups is 1. The van der Waals surface area contributed by atoms with Crippen LogP contribution in [-0.2, 0) is 14.8 Å². The molecule has 1 N–H and O–H groups in total. The number of furan rings is 1. The van der Waals surface area contributed by atoms with Crippen molar-refractivity contribution in [1.82, 2.24) is 9.62 Å². The molecule has 0 bridgehead atoms. The number of hydrogen-bond donors (Lipinski definition) is 1. The molecule has 1 atom stereocenters. The average molecular weight is 353 g/mol. The van der Waals surface area contributed by atoms with Gasteiger partial charge in [-0.3, -0.25) is 0 Å². The van der Waals surface area contributed by atoms with Gasteiger partial charge < -0.3 is 14.5 Å². The maximum atomic E-state index is 12.6. The topological polar surface area (TPSA) is 88.9 Å². The van der Waals surface area contributed by atoms with Gasteiger partial charge in [0, 0.05) is 19.2 Å². The van der Waals surface area contributed by atoms with Crippen molar-refractivity contribution in [2.45, 2.75) is 18.2 Å². The van der Waals surface area contributed by atoms with Crippen LogP contribution in [0.2, 0.25) is 0 Å². The number of carbonyl (C=O) groups excluding carboxylic acids is 1. The molecule has 0 saturated carbocycles. The summed E-state index contributed by atoms with van der Waals surface area (Å²) >= 11 is 0. The summed E-state index contributed by atoms with van der Waals surface area (Å²) in [6.07, 6.45) is 0.820. The second-order valence-electron chi connectivity index (χ2n) is 5.10. The Balaban J connectivity index is 0.00000242. The van der Waals surface area contributed by atoms with Crippen molar-refractivity contribution in [2.24, 2.45) is 5.92 Å². The Morgan fingerprint density at radius 1 is 1.55 bits per heavy atom. The molecule has 1 unspecified atom stereocenters. The van der Waals surface area contributed by atoms with Gasteiger partial charge in [0.1, 0.15) is 10.7 Å². The SMILES string of the molecule is CNCC1CCN(S(=O)(=O)c2cc(C(=O)OC)oc2C)C1.Cl. The van der Waals surface area contributed by atoms with Crippen LogP contribution in [0.5, 0.6) is 0 Å². The quantitative estimate of drug-likeness (QED) is 0.796. The molecule has 0 aromatic carbocycles. The zero-order chi connectivity index (χ0) is 15.6. The summed E-state index contributed by atoms with van der Waals surface area (Å²) in [4.78, 5) is 11.5. The molecule has 1 aliphatic heterocycles. The summed E-state index contributed by atoms with van der Waals surface area (Å²) in [6, 6.07) is 1.24. The number of halogens is 1. The number of rotatable bonds is 5. The lowest BCUT2D eigenvalue weighted by atomic mass is 10.1. The number of nitrogens with zero attached hydrogens (tertiary/aromatic N) is 1. The molecule has 2 rings (SSSR count). The standard InChI is InChI=1S/C13H20N2O5S.ClH/c1-9-12(6-11(20-9)13(16)19-3)21(17,18)15-5-4-10(8-15)7-14-2;/h6,10,14H,4-5,7-8H2,1-3H3;1H. The van der Waals surface area contributed by atoms with Crippen LogP contribution >= 0.6 is 12.4 Å². The first-order valence-electron chi connectivity index (χ1n) is 6.73. The summed E-state index contributed by atoms with van der Waals surface area (Å²) in [5, 5.41) is 3.06. The van der Waals surface area contributed by atoms with Crippen LogP contribution in [0.25, 0.3) is 0 Å². The monoisotopic (exact) mass is 352 g/mol. The van der Waals surface area contributed by atoms with E-state index in [0.29, 0.717) is 19.0 Å². The van der Waals surface area contributed by atoms with Gasteiger partial charge in [0.05, 0.1) is 7.11 Å². The van der Waals surface area contributed by atoms with Gasteiger partial charge in [-0.05, 0) is 32.9 Å². The summed E-state index contributed by atoms with van der Waals surface area (Å²) in [6.45, 7) is 3.26. The molecule has 22 heavy (non-hydrogen) atoms. The molecule has 9 heteroatoms. The van der Waals surface area contributed by atoms with E-state index in [9.17, 15) is 13.2 Å². The molecule has 0 radical (unpaired) electrons. The van der Waals surface area contributed by atoms with Gasteiger partial charge in [0.25, 0.3) is 0 Å². The van der Waals surface area contributed by atoms with Gasteiger partial charge >= 0.3 is 5.97 Å². The first-order valence-corrected chi connectivity index (χ1v) is 8.17. The van der Waals surface area contributed by atoms with E-state index in [1.165, 1.54) is 24.4 Å². The van der Waals surface area contributed by atoms with Crippen molar-refractivity contribution in [3.63, 3.8) is 0 Å². The predicted octanol–water partition coefficient (Wildman–Crippen LogP) is 1.03. The molecule has 1 aromatic rings. The fourth-order valence-electron chi connectivity index (χ4n) is 2.53. The minimum Gasteiger partial charge on any atom is -0.463 e. The number of methoxy groups -OCH3 is 1. The van der Waals surface area contributed by atoms with E-state index in [2.05, 4.69) is 10.1 Å². The molecule has 1 aromatic heterocycles. The fourth-order valence-corrected chi connectivity index (χ4v) is 4.22. The Hall–Kier alpha value is -1.09. The highest BCUT2D eigenvalue weighted by Crippen LogP contribution is 2.28. The van der Waals surface area contributed by atoms with Gasteiger partial charge in [-0.2, -0.15) is 4.31 Å². The second-order valence-corrected chi connectivity index (χ2v) is 7.00. The maximum Gasteiger partial charge on any atom is 0.373 e. The van der Waals surface area contributed by atoms with Gasteiger partial charge in [0.15, 0.2) is 0 Å². The number of aryl methyl sites for hydroxylation is 1. The molecule has 1 saturated heterocycles. The summed E-state index contributed by atoms with van der Waals surface area (Å²) in [5.41, 5.74) is 0. The van der Waals surface area contributed by atoms with Crippen LogP contribution < -0.4 is 5.32 Å². The van der Waals surface area contributed by atoms with Crippen LogP contribution in [0.15, 0.2) is 15.4 Å². The van der Waals surface area contributed by atoms with E-state index in [1.807, 2.05) is 7.05 Å². The van der Waals surface area contributed by atoms with Crippen molar-refractivity contribution >= 4 is 28.4 Å². The smallest absolute Gasteiger partial charge is 0.373 e. The molecule has 1 fully saturated rings. The van der Waals surface area contributed by atoms with Crippen LogP contribution in [-0.4, -0.2) is 52.5 Å². The Morgan fingerprint density at radius 2 is 2.23 bits per heavy atom. The molecule has 0 aliphatic carbocycles. The first kappa shape index (κ1) is 19.0. The molecule has 1 aliphatic rings. The molecular formula is C13H21ClN2O5S. The van der Waals surface area contributed by atoms with Crippen LogP contribution in [0, 0.1) is 12.8 Å². The molecule has 126 valence electrons. The number of hydrogen-bond acceptors (Lipinski definition) is 6. The third-order valence-electron chi connectivity index (χ3n) is 3.62. The highest BCUT2D eigenvalue weighted by atomic mass is 35.5. The third-order valence-corrected chi connectivity index (χ3v) is 5.59. The summed E-state index contributed by atoms with van der Waals surface area (Å²) < 4.78 is 36.4. The molecule has 0 amide bonds. The number of sulfonamides is 1. The van der Waals surface area contributed by atoms with Crippen molar-refractivity contribution in [3.05, 3.63) is 17.6 Å². The fraction of sp³-hybridized carbons (Fsp3) is 0.615. The minimum atomic E-state index is -3.64. The lowest BCUT2D eigenvalue weighted by Gasteiger charge is -2.15. The lowest BCUT2D eigenvalue weighted by Crippen LogP contribution is -2.30. The van der Waals surface area contributed by atoms with E-state index in [0.717, 1.165) is 13.0 Å². The number of nitrogens with one attached hydrogen (secondary N) is 1. The lowest BCUT2D eigenvalue weighted by molar-refractivity contribution is 0.0563. The largest absolute Gasteiger partial charge is 0.463 e. The Bertz CT molecular complexity index is 628. The number of esters is 1. The first-order chi connectivity index (χ1) is 9.90. The van der Waals surface area contributed by atoms with Gasteiger partial charge in [0.2, 0.25) is 15.8 Å². The van der Waals surface area contributed by atoms with Crippen LogP contribution in [0.3, 0.4) is 0 Å². The highest BCUT2D eigenvalue weighted by molar-refractivity contribution is 7.89. The maximum absolute atomic E-state index is 12.6. The van der Waals surface area contributed by atoms with Crippen molar-refractivity contribution in [3.8, 4) is 0 Å². The van der Waals surface area contributed by atoms with E-state index in [4.69, 9.17) is 4.42 Å².